The van der Waals surface area contributed by atoms with E-state index in [0.717, 1.165) is 7.14 Å². The molecule has 38 heavy (non-hydrogen) atoms. The summed E-state index contributed by atoms with van der Waals surface area (Å²) in [6.07, 6.45) is -1.56. The molecular weight excluding hydrogens is 1110 g/mol. The van der Waals surface area contributed by atoms with Crippen LogP contribution in [0, 0.1) is 35.6 Å². The van der Waals surface area contributed by atoms with Crippen LogP contribution in [-0.4, -0.2) is 50.8 Å². The average molecular weight is 1120 g/mol. The molecule has 204 valence electrons. The second kappa shape index (κ2) is 10.8. The fourth-order valence-electron chi connectivity index (χ4n) is 5.36. The van der Waals surface area contributed by atoms with Crippen LogP contribution in [0.1, 0.15) is 16.8 Å². The summed E-state index contributed by atoms with van der Waals surface area (Å²) in [5, 5.41) is -1.14. The van der Waals surface area contributed by atoms with Gasteiger partial charge in [-0.1, -0.05) is 0 Å². The Morgan fingerprint density at radius 1 is 0.974 bits per heavy atom. The predicted molar refractivity (Wildman–Crippen MR) is 172 cm³/mol. The zero-order chi connectivity index (χ0) is 27.9. The highest BCUT2D eigenvalue weighted by atomic mass is 127. The molecule has 2 aromatic rings. The average Bonchev–Trinajstić information content (AvgIpc) is 3.37. The molecule has 2 saturated carbocycles. The molecule has 1 heterocycles. The van der Waals surface area contributed by atoms with Gasteiger partial charge in [-0.2, -0.15) is 8.42 Å². The smallest absolute Gasteiger partial charge is 0.339 e. The van der Waals surface area contributed by atoms with Gasteiger partial charge in [0.25, 0.3) is 10.1 Å². The Bertz CT molecular complexity index is 1590. The molecule has 0 amide bonds. The first-order valence-electron chi connectivity index (χ1n) is 10.5. The number of ether oxygens (including phenoxy) is 2. The van der Waals surface area contributed by atoms with Crippen molar-refractivity contribution in [1.82, 2.24) is 0 Å². The molecule has 2 aliphatic carbocycles. The molecular formula is C21H12I5O10S2-. The van der Waals surface area contributed by atoms with E-state index in [1.807, 2.05) is 28.7 Å². The number of carbonyl (C=O) groups excluding carboxylic acids is 2. The molecule has 2 bridgehead atoms. The minimum absolute atomic E-state index is 0.0385. The number of fused-ring (bicyclic) bond motifs is 1. The Balaban J connectivity index is 1.44. The van der Waals surface area contributed by atoms with Crippen LogP contribution in [0.15, 0.2) is 29.2 Å². The van der Waals surface area contributed by atoms with Gasteiger partial charge in [0, 0.05) is 29.7 Å². The van der Waals surface area contributed by atoms with Gasteiger partial charge in [-0.05, 0) is 144 Å². The predicted octanol–water partition coefficient (Wildman–Crippen LogP) is 4.11. The van der Waals surface area contributed by atoms with Crippen molar-refractivity contribution in [3.05, 3.63) is 47.7 Å². The van der Waals surface area contributed by atoms with Crippen molar-refractivity contribution in [3.8, 4) is 5.75 Å². The van der Waals surface area contributed by atoms with Crippen molar-refractivity contribution >= 4 is 145 Å². The summed E-state index contributed by atoms with van der Waals surface area (Å²) >= 11 is 9.55. The molecule has 0 aromatic heterocycles. The van der Waals surface area contributed by atoms with E-state index >= 15 is 0 Å². The van der Waals surface area contributed by atoms with Gasteiger partial charge in [0.2, 0.25) is 0 Å². The third kappa shape index (κ3) is 5.38. The number of halogens is 5. The largest absolute Gasteiger partial charge is 0.744 e. The van der Waals surface area contributed by atoms with Gasteiger partial charge in [0.15, 0.2) is 0 Å². The first-order valence-corrected chi connectivity index (χ1v) is 18.8. The van der Waals surface area contributed by atoms with E-state index in [4.69, 9.17) is 13.7 Å². The van der Waals surface area contributed by atoms with Crippen LogP contribution in [0.4, 0.5) is 0 Å². The Labute approximate surface area is 285 Å². The summed E-state index contributed by atoms with van der Waals surface area (Å²) in [4.78, 5) is 26.1. The Morgan fingerprint density at radius 2 is 1.61 bits per heavy atom. The fraction of sp³-hybridized carbons (Fsp3) is 0.333. The Kier molecular flexibility index (Phi) is 8.65. The van der Waals surface area contributed by atoms with Gasteiger partial charge in [-0.25, -0.2) is 13.2 Å². The van der Waals surface area contributed by atoms with E-state index in [9.17, 15) is 31.0 Å². The highest BCUT2D eigenvalue weighted by Crippen LogP contribution is 2.59. The van der Waals surface area contributed by atoms with E-state index in [2.05, 4.69) is 45.2 Å². The molecule has 1 aliphatic heterocycles. The monoisotopic (exact) mass is 1120 g/mol. The maximum Gasteiger partial charge on any atom is 0.339 e. The van der Waals surface area contributed by atoms with Gasteiger partial charge >= 0.3 is 11.9 Å². The highest BCUT2D eigenvalue weighted by Gasteiger charge is 2.72. The number of esters is 2. The SMILES string of the molecule is O=C(OC1C2CC3C1OS(=O)(=O)C3C2C(=O)Oc1cc(I)c(S(=O)(=O)[O-])c(I)c1)c1cc(I)cc(I)c1I. The number of hydrogen-bond acceptors (Lipinski definition) is 10. The first-order chi connectivity index (χ1) is 17.6. The Hall–Kier alpha value is 0.850. The van der Waals surface area contributed by atoms with Gasteiger partial charge in [0.1, 0.15) is 33.3 Å². The molecule has 3 aliphatic rings. The molecule has 3 fully saturated rings. The van der Waals surface area contributed by atoms with Crippen LogP contribution >= 0.6 is 113 Å². The maximum absolute atomic E-state index is 13.4. The first kappa shape index (κ1) is 30.3. The minimum atomic E-state index is -4.76. The molecule has 6 atom stereocenters. The molecule has 0 radical (unpaired) electrons. The minimum Gasteiger partial charge on any atom is -0.744 e. The Morgan fingerprint density at radius 3 is 2.21 bits per heavy atom. The topological polar surface area (TPSA) is 153 Å². The highest BCUT2D eigenvalue weighted by molar-refractivity contribution is 14.1. The van der Waals surface area contributed by atoms with Crippen LogP contribution in [-0.2, 0) is 34.0 Å². The molecule has 1 saturated heterocycles. The number of carbonyl (C=O) groups is 2. The van der Waals surface area contributed by atoms with Crippen molar-refractivity contribution in [2.24, 2.45) is 17.8 Å². The van der Waals surface area contributed by atoms with E-state index < -0.39 is 72.3 Å². The number of rotatable bonds is 5. The lowest BCUT2D eigenvalue weighted by atomic mass is 9.84. The van der Waals surface area contributed by atoms with Crippen LogP contribution in [0.5, 0.6) is 5.75 Å². The molecule has 17 heteroatoms. The van der Waals surface area contributed by atoms with Crippen molar-refractivity contribution in [1.29, 1.82) is 0 Å². The van der Waals surface area contributed by atoms with Crippen LogP contribution in [0.3, 0.4) is 0 Å². The summed E-state index contributed by atoms with van der Waals surface area (Å²) in [6, 6.07) is 6.02. The third-order valence-electron chi connectivity index (χ3n) is 6.70. The molecule has 0 spiro atoms. The van der Waals surface area contributed by atoms with Crippen LogP contribution in [0.2, 0.25) is 0 Å². The second-order valence-corrected chi connectivity index (χ2v) is 17.7. The van der Waals surface area contributed by atoms with Crippen molar-refractivity contribution in [2.45, 2.75) is 28.8 Å². The molecule has 10 nitrogen and oxygen atoms in total. The van der Waals surface area contributed by atoms with Gasteiger partial charge in [0.05, 0.1) is 16.4 Å². The number of benzene rings is 2. The summed E-state index contributed by atoms with van der Waals surface area (Å²) in [5.41, 5.74) is 0.332. The third-order valence-corrected chi connectivity index (χ3v) is 15.5. The van der Waals surface area contributed by atoms with Gasteiger partial charge in [-0.15, -0.1) is 0 Å². The lowest BCUT2D eigenvalue weighted by molar-refractivity contribution is -0.143. The lowest BCUT2D eigenvalue weighted by Crippen LogP contribution is -2.46. The molecule has 6 unspecified atom stereocenters. The van der Waals surface area contributed by atoms with Crippen molar-refractivity contribution in [2.75, 3.05) is 0 Å². The zero-order valence-corrected chi connectivity index (χ0v) is 30.7. The van der Waals surface area contributed by atoms with Gasteiger partial charge in [-0.3, -0.25) is 8.98 Å². The van der Waals surface area contributed by atoms with E-state index in [-0.39, 0.29) is 12.9 Å². The fourth-order valence-corrected chi connectivity index (χ4v) is 13.7. The summed E-state index contributed by atoms with van der Waals surface area (Å²) in [7, 11) is -8.89. The molecule has 0 N–H and O–H groups in total. The lowest BCUT2D eigenvalue weighted by Gasteiger charge is -2.30. The summed E-state index contributed by atoms with van der Waals surface area (Å²) in [6.45, 7) is 0. The number of hydrogen-bond donors (Lipinski definition) is 0. The van der Waals surface area contributed by atoms with Crippen molar-refractivity contribution < 1.29 is 44.6 Å². The van der Waals surface area contributed by atoms with Crippen LogP contribution < -0.4 is 4.74 Å². The van der Waals surface area contributed by atoms with E-state index in [0.29, 0.717) is 15.6 Å². The van der Waals surface area contributed by atoms with E-state index in [1.54, 1.807) is 51.2 Å². The van der Waals surface area contributed by atoms with Gasteiger partial charge < -0.3 is 14.0 Å². The second-order valence-electron chi connectivity index (χ2n) is 8.82. The van der Waals surface area contributed by atoms with Crippen LogP contribution in [0.25, 0.3) is 0 Å². The zero-order valence-electron chi connectivity index (χ0n) is 18.3. The standard InChI is InChI=1S/C21H13I5O10S2/c22-6-1-9(15(26)11(23)2-6)20(27)35-16-8-5-10-17(16)36-38(32,33)18(10)14(8)21(28)34-7-3-12(24)19(13(25)4-7)37(29,30)31/h1-4,8,10,14,16-18H,5H2,(H,29,30,31)/p-1. The molecule has 2 aromatic carbocycles. The summed E-state index contributed by atoms with van der Waals surface area (Å²) < 4.78 is 79.6. The maximum atomic E-state index is 13.4. The van der Waals surface area contributed by atoms with Crippen molar-refractivity contribution in [3.63, 3.8) is 0 Å². The van der Waals surface area contributed by atoms with E-state index in [1.165, 1.54) is 12.1 Å². The normalized spacial score (nSPS) is 28.9. The summed E-state index contributed by atoms with van der Waals surface area (Å²) in [5.74, 6) is -3.89. The molecule has 5 rings (SSSR count). The quantitative estimate of drug-likeness (QED) is 0.107.